The number of carbonyl (C=O) groups excluding carboxylic acids is 1. The molecule has 1 aliphatic carbocycles. The maximum absolute atomic E-state index is 11.7. The van der Waals surface area contributed by atoms with Crippen LogP contribution in [-0.4, -0.2) is 19.0 Å². The smallest absolute Gasteiger partial charge is 0.238 e. The summed E-state index contributed by atoms with van der Waals surface area (Å²) in [7, 11) is 0. The highest BCUT2D eigenvalue weighted by Crippen LogP contribution is 2.27. The predicted octanol–water partition coefficient (Wildman–Crippen LogP) is 3.43. The first kappa shape index (κ1) is 16.5. The van der Waals surface area contributed by atoms with Crippen molar-refractivity contribution >= 4 is 39.9 Å². The van der Waals surface area contributed by atoms with Crippen LogP contribution in [0.2, 0.25) is 0 Å². The van der Waals surface area contributed by atoms with Gasteiger partial charge in [0.15, 0.2) is 0 Å². The monoisotopic (exact) mass is 346 g/mol. The van der Waals surface area contributed by atoms with Gasteiger partial charge in [-0.15, -0.1) is 12.4 Å². The summed E-state index contributed by atoms with van der Waals surface area (Å²) in [5, 5.41) is 6.11. The van der Waals surface area contributed by atoms with Crippen molar-refractivity contribution in [1.29, 1.82) is 0 Å². The van der Waals surface area contributed by atoms with Gasteiger partial charge >= 0.3 is 0 Å². The van der Waals surface area contributed by atoms with E-state index in [4.69, 9.17) is 0 Å². The Labute approximate surface area is 129 Å². The molecule has 0 bridgehead atoms. The number of benzene rings is 1. The largest absolute Gasteiger partial charge is 0.325 e. The van der Waals surface area contributed by atoms with Gasteiger partial charge in [-0.05, 0) is 62.4 Å². The highest BCUT2D eigenvalue weighted by atomic mass is 79.9. The second-order valence-corrected chi connectivity index (χ2v) is 5.84. The molecule has 1 aromatic carbocycles. The van der Waals surface area contributed by atoms with Crippen LogP contribution < -0.4 is 10.6 Å². The third-order valence-corrected chi connectivity index (χ3v) is 4.39. The average Bonchev–Trinajstić information content (AvgIpc) is 3.09. The third-order valence-electron chi connectivity index (χ3n) is 3.14. The number of aryl methyl sites for hydroxylation is 2. The van der Waals surface area contributed by atoms with E-state index >= 15 is 0 Å². The van der Waals surface area contributed by atoms with Crippen LogP contribution >= 0.6 is 28.3 Å². The Morgan fingerprint density at radius 2 is 1.89 bits per heavy atom. The molecule has 0 aliphatic heterocycles. The fraction of sp³-hybridized carbons (Fsp3) is 0.500. The van der Waals surface area contributed by atoms with Gasteiger partial charge < -0.3 is 10.6 Å². The van der Waals surface area contributed by atoms with Gasteiger partial charge in [0.1, 0.15) is 0 Å². The van der Waals surface area contributed by atoms with Gasteiger partial charge in [0.25, 0.3) is 0 Å². The first-order valence-corrected chi connectivity index (χ1v) is 7.13. The molecule has 0 unspecified atom stereocenters. The number of rotatable bonds is 5. The summed E-state index contributed by atoms with van der Waals surface area (Å²) in [5.41, 5.74) is 3.14. The van der Waals surface area contributed by atoms with Crippen molar-refractivity contribution in [1.82, 2.24) is 5.32 Å². The molecule has 106 valence electrons. The molecule has 1 amide bonds. The zero-order valence-corrected chi connectivity index (χ0v) is 13.7. The summed E-state index contributed by atoms with van der Waals surface area (Å²) in [6, 6.07) is 3.96. The highest BCUT2D eigenvalue weighted by Gasteiger charge is 2.20. The van der Waals surface area contributed by atoms with E-state index in [1.165, 1.54) is 12.8 Å². The van der Waals surface area contributed by atoms with E-state index in [0.29, 0.717) is 6.54 Å². The molecule has 2 N–H and O–H groups in total. The number of carbonyl (C=O) groups is 1. The maximum atomic E-state index is 11.7. The van der Waals surface area contributed by atoms with Gasteiger partial charge in [-0.3, -0.25) is 4.79 Å². The van der Waals surface area contributed by atoms with Gasteiger partial charge in [-0.1, -0.05) is 15.9 Å². The Morgan fingerprint density at radius 3 is 2.42 bits per heavy atom. The van der Waals surface area contributed by atoms with Crippen molar-refractivity contribution in [2.24, 2.45) is 5.92 Å². The zero-order valence-electron chi connectivity index (χ0n) is 11.3. The van der Waals surface area contributed by atoms with E-state index in [-0.39, 0.29) is 18.3 Å². The molecule has 0 saturated heterocycles. The van der Waals surface area contributed by atoms with Crippen molar-refractivity contribution in [3.05, 3.63) is 27.7 Å². The normalized spacial score (nSPS) is 13.8. The van der Waals surface area contributed by atoms with E-state index < -0.39 is 0 Å². The highest BCUT2D eigenvalue weighted by molar-refractivity contribution is 9.10. The van der Waals surface area contributed by atoms with Crippen LogP contribution in [0.15, 0.2) is 16.6 Å². The molecule has 19 heavy (non-hydrogen) atoms. The molecule has 1 saturated carbocycles. The molecule has 0 atom stereocenters. The summed E-state index contributed by atoms with van der Waals surface area (Å²) in [5.74, 6) is 0.826. The molecule has 0 spiro atoms. The Balaban J connectivity index is 0.00000180. The van der Waals surface area contributed by atoms with Crippen molar-refractivity contribution in [2.45, 2.75) is 26.7 Å². The Morgan fingerprint density at radius 1 is 1.32 bits per heavy atom. The summed E-state index contributed by atoms with van der Waals surface area (Å²) < 4.78 is 1.10. The molecule has 1 fully saturated rings. The fourth-order valence-corrected chi connectivity index (χ4v) is 2.16. The molecule has 0 aromatic heterocycles. The van der Waals surface area contributed by atoms with Gasteiger partial charge in [-0.2, -0.15) is 0 Å². The topological polar surface area (TPSA) is 41.1 Å². The number of halogens is 2. The Hall–Kier alpha value is -0.580. The van der Waals surface area contributed by atoms with Crippen molar-refractivity contribution in [3.63, 3.8) is 0 Å². The Bertz CT molecular complexity index is 438. The van der Waals surface area contributed by atoms with E-state index in [1.807, 2.05) is 26.0 Å². The van der Waals surface area contributed by atoms with Crippen LogP contribution in [0.25, 0.3) is 0 Å². The minimum Gasteiger partial charge on any atom is -0.325 e. The number of hydrogen-bond donors (Lipinski definition) is 2. The van der Waals surface area contributed by atoms with Crippen molar-refractivity contribution in [3.8, 4) is 0 Å². The number of amides is 1. The summed E-state index contributed by atoms with van der Waals surface area (Å²) in [4.78, 5) is 11.7. The Kier molecular flexibility index (Phi) is 6.30. The minimum atomic E-state index is 0. The molecule has 1 aliphatic rings. The van der Waals surface area contributed by atoms with Crippen LogP contribution in [0.3, 0.4) is 0 Å². The lowest BCUT2D eigenvalue weighted by atomic mass is 10.1. The molecular formula is C14H20BrClN2O. The van der Waals surface area contributed by atoms with Gasteiger partial charge in [0, 0.05) is 10.2 Å². The molecule has 1 aromatic rings. The van der Waals surface area contributed by atoms with E-state index in [2.05, 4.69) is 26.6 Å². The van der Waals surface area contributed by atoms with Crippen LogP contribution in [0.4, 0.5) is 5.69 Å². The van der Waals surface area contributed by atoms with Crippen molar-refractivity contribution in [2.75, 3.05) is 18.4 Å². The summed E-state index contributed by atoms with van der Waals surface area (Å²) in [6.45, 7) is 5.41. The molecule has 0 radical (unpaired) electrons. The van der Waals surface area contributed by atoms with Gasteiger partial charge in [0.2, 0.25) is 5.91 Å². The lowest BCUT2D eigenvalue weighted by Gasteiger charge is -2.10. The van der Waals surface area contributed by atoms with Gasteiger partial charge in [0.05, 0.1) is 6.54 Å². The zero-order chi connectivity index (χ0) is 13.1. The molecule has 5 heteroatoms. The minimum absolute atomic E-state index is 0. The van der Waals surface area contributed by atoms with Crippen LogP contribution in [-0.2, 0) is 4.79 Å². The summed E-state index contributed by atoms with van der Waals surface area (Å²) in [6.07, 6.45) is 2.61. The van der Waals surface area contributed by atoms with E-state index in [9.17, 15) is 4.79 Å². The van der Waals surface area contributed by atoms with E-state index in [1.54, 1.807) is 0 Å². The number of hydrogen-bond acceptors (Lipinski definition) is 2. The molecule has 0 heterocycles. The quantitative estimate of drug-likeness (QED) is 0.857. The second kappa shape index (κ2) is 7.27. The average molecular weight is 348 g/mol. The predicted molar refractivity (Wildman–Crippen MR) is 85.1 cm³/mol. The SMILES string of the molecule is Cc1cc(NC(=O)CNCC2CC2)cc(C)c1Br.Cl. The lowest BCUT2D eigenvalue weighted by molar-refractivity contribution is -0.115. The first-order chi connectivity index (χ1) is 8.56. The lowest BCUT2D eigenvalue weighted by Crippen LogP contribution is -2.29. The number of anilines is 1. The molecular weight excluding hydrogens is 328 g/mol. The second-order valence-electron chi connectivity index (χ2n) is 5.05. The molecule has 3 nitrogen and oxygen atoms in total. The standard InChI is InChI=1S/C14H19BrN2O.ClH/c1-9-5-12(6-10(2)14(9)15)17-13(18)8-16-7-11-3-4-11;/h5-6,11,16H,3-4,7-8H2,1-2H3,(H,17,18);1H. The molecule has 2 rings (SSSR count). The summed E-state index contributed by atoms with van der Waals surface area (Å²) >= 11 is 3.52. The van der Waals surface area contributed by atoms with Crippen molar-refractivity contribution < 1.29 is 4.79 Å². The number of nitrogens with one attached hydrogen (secondary N) is 2. The first-order valence-electron chi connectivity index (χ1n) is 6.33. The van der Waals surface area contributed by atoms with Crippen LogP contribution in [0, 0.1) is 19.8 Å². The van der Waals surface area contributed by atoms with Crippen LogP contribution in [0.5, 0.6) is 0 Å². The van der Waals surface area contributed by atoms with Crippen LogP contribution in [0.1, 0.15) is 24.0 Å². The maximum Gasteiger partial charge on any atom is 0.238 e. The fourth-order valence-electron chi connectivity index (χ4n) is 1.94. The van der Waals surface area contributed by atoms with E-state index in [0.717, 1.165) is 33.7 Å². The third kappa shape index (κ3) is 5.13. The van der Waals surface area contributed by atoms with Gasteiger partial charge in [-0.25, -0.2) is 0 Å².